The van der Waals surface area contributed by atoms with Crippen molar-refractivity contribution in [2.75, 3.05) is 31.1 Å². The number of alkyl halides is 1. The summed E-state index contributed by atoms with van der Waals surface area (Å²) >= 11 is 9.73. The van der Waals surface area contributed by atoms with Crippen molar-refractivity contribution < 1.29 is 0 Å². The van der Waals surface area contributed by atoms with E-state index >= 15 is 0 Å². The molecule has 0 saturated carbocycles. The van der Waals surface area contributed by atoms with Crippen LogP contribution in [-0.4, -0.2) is 37.1 Å². The zero-order valence-corrected chi connectivity index (χ0v) is 12.8. The van der Waals surface area contributed by atoms with Gasteiger partial charge in [-0.15, -0.1) is 0 Å². The lowest BCUT2D eigenvalue weighted by molar-refractivity contribution is 0.231. The fraction of sp³-hybridized carbons (Fsp3) is 0.571. The third-order valence-electron chi connectivity index (χ3n) is 4.12. The topological polar surface area (TPSA) is 6.48 Å². The lowest BCUT2D eigenvalue weighted by atomic mass is 10.1. The summed E-state index contributed by atoms with van der Waals surface area (Å²) in [5.74, 6) is 0. The zero-order chi connectivity index (χ0) is 12.5. The van der Waals surface area contributed by atoms with Gasteiger partial charge in [-0.2, -0.15) is 0 Å². The first-order valence-electron chi connectivity index (χ1n) is 6.61. The molecule has 2 fully saturated rings. The molecule has 0 bridgehead atoms. The van der Waals surface area contributed by atoms with Gasteiger partial charge in [0.1, 0.15) is 0 Å². The second-order valence-electron chi connectivity index (χ2n) is 5.18. The molecule has 2 heterocycles. The van der Waals surface area contributed by atoms with Crippen LogP contribution in [0.15, 0.2) is 18.2 Å². The average molecular weight is 330 g/mol. The van der Waals surface area contributed by atoms with Gasteiger partial charge in [-0.3, -0.25) is 4.90 Å². The lowest BCUT2D eigenvalue weighted by Crippen LogP contribution is -2.50. The fourth-order valence-corrected chi connectivity index (χ4v) is 3.79. The summed E-state index contributed by atoms with van der Waals surface area (Å²) in [5, 5.41) is 1.73. The molecule has 1 unspecified atom stereocenters. The highest BCUT2D eigenvalue weighted by Crippen LogP contribution is 2.30. The number of rotatable bonds is 2. The molecule has 1 aromatic rings. The maximum absolute atomic E-state index is 6.15. The number of nitrogens with zero attached hydrogens (tertiary/aromatic N) is 2. The maximum atomic E-state index is 6.15. The minimum Gasteiger partial charge on any atom is -0.368 e. The van der Waals surface area contributed by atoms with Crippen LogP contribution < -0.4 is 4.90 Å². The Kier molecular flexibility index (Phi) is 3.83. The van der Waals surface area contributed by atoms with Crippen molar-refractivity contribution >= 4 is 33.2 Å². The molecule has 2 aliphatic heterocycles. The molecule has 1 atom stereocenters. The van der Waals surface area contributed by atoms with Gasteiger partial charge in [-0.1, -0.05) is 33.6 Å². The van der Waals surface area contributed by atoms with Gasteiger partial charge in [0.05, 0.1) is 0 Å². The van der Waals surface area contributed by atoms with Crippen molar-refractivity contribution in [3.8, 4) is 0 Å². The summed E-state index contributed by atoms with van der Waals surface area (Å²) in [7, 11) is 0. The molecule has 98 valence electrons. The van der Waals surface area contributed by atoms with E-state index in [0.717, 1.165) is 29.5 Å². The number of piperazine rings is 1. The number of anilines is 1. The minimum absolute atomic E-state index is 0.751. The van der Waals surface area contributed by atoms with E-state index < -0.39 is 0 Å². The first-order valence-corrected chi connectivity index (χ1v) is 8.11. The second-order valence-corrected chi connectivity index (χ2v) is 6.18. The van der Waals surface area contributed by atoms with E-state index in [1.54, 1.807) is 0 Å². The summed E-state index contributed by atoms with van der Waals surface area (Å²) in [4.78, 5) is 5.14. The maximum Gasteiger partial charge on any atom is 0.0426 e. The molecule has 2 saturated heterocycles. The van der Waals surface area contributed by atoms with Crippen LogP contribution in [0.25, 0.3) is 0 Å². The molecule has 0 radical (unpaired) electrons. The Hall–Kier alpha value is -0.250. The predicted molar refractivity (Wildman–Crippen MR) is 80.9 cm³/mol. The molecule has 3 rings (SSSR count). The molecule has 18 heavy (non-hydrogen) atoms. The Labute approximate surface area is 122 Å². The van der Waals surface area contributed by atoms with Crippen LogP contribution in [0.4, 0.5) is 5.69 Å². The summed E-state index contributed by atoms with van der Waals surface area (Å²) < 4.78 is 0. The number of fused-ring (bicyclic) bond motifs is 1. The number of hydrogen-bond acceptors (Lipinski definition) is 2. The van der Waals surface area contributed by atoms with Crippen LogP contribution >= 0.6 is 27.5 Å². The predicted octanol–water partition coefficient (Wildman–Crippen LogP) is 3.52. The Morgan fingerprint density at radius 3 is 3.00 bits per heavy atom. The Bertz CT molecular complexity index is 438. The van der Waals surface area contributed by atoms with E-state index in [0.29, 0.717) is 0 Å². The summed E-state index contributed by atoms with van der Waals surface area (Å²) in [6, 6.07) is 6.98. The van der Waals surface area contributed by atoms with E-state index in [4.69, 9.17) is 11.6 Å². The number of hydrogen-bond donors (Lipinski definition) is 0. The summed E-state index contributed by atoms with van der Waals surface area (Å²) in [5.41, 5.74) is 2.65. The molecule has 0 N–H and O–H groups in total. The van der Waals surface area contributed by atoms with E-state index in [1.165, 1.54) is 37.2 Å². The highest BCUT2D eigenvalue weighted by Gasteiger charge is 2.31. The normalized spacial score (nSPS) is 24.3. The molecule has 0 amide bonds. The van der Waals surface area contributed by atoms with Crippen LogP contribution in [0.2, 0.25) is 5.02 Å². The van der Waals surface area contributed by atoms with Gasteiger partial charge in [0.25, 0.3) is 0 Å². The molecule has 0 aromatic heterocycles. The third-order valence-corrected chi connectivity index (χ3v) is 4.96. The Balaban J connectivity index is 1.84. The van der Waals surface area contributed by atoms with Crippen LogP contribution in [0.3, 0.4) is 0 Å². The highest BCUT2D eigenvalue weighted by molar-refractivity contribution is 9.08. The monoisotopic (exact) mass is 328 g/mol. The molecule has 4 heteroatoms. The van der Waals surface area contributed by atoms with Gasteiger partial charge < -0.3 is 4.90 Å². The van der Waals surface area contributed by atoms with E-state index in [1.807, 2.05) is 6.07 Å². The van der Waals surface area contributed by atoms with Crippen LogP contribution in [0, 0.1) is 0 Å². The molecule has 0 spiro atoms. The van der Waals surface area contributed by atoms with Crippen LogP contribution in [0.5, 0.6) is 0 Å². The fourth-order valence-electron chi connectivity index (χ4n) is 3.15. The summed E-state index contributed by atoms with van der Waals surface area (Å²) in [6.45, 7) is 4.76. The van der Waals surface area contributed by atoms with Crippen LogP contribution in [0.1, 0.15) is 18.4 Å². The van der Waals surface area contributed by atoms with Gasteiger partial charge in [0.15, 0.2) is 0 Å². The van der Waals surface area contributed by atoms with Crippen molar-refractivity contribution in [1.29, 1.82) is 0 Å². The van der Waals surface area contributed by atoms with Crippen molar-refractivity contribution in [2.45, 2.75) is 24.2 Å². The van der Waals surface area contributed by atoms with Gasteiger partial charge in [0, 0.05) is 41.7 Å². The second kappa shape index (κ2) is 5.40. The standard InChI is InChI=1S/C14H18BrClN2/c15-9-11-3-4-12(16)8-14(11)18-7-6-17-5-1-2-13(17)10-18/h3-4,8,13H,1-2,5-7,9-10H2. The Morgan fingerprint density at radius 1 is 1.28 bits per heavy atom. The zero-order valence-electron chi connectivity index (χ0n) is 10.4. The lowest BCUT2D eigenvalue weighted by Gasteiger charge is -2.39. The SMILES string of the molecule is Clc1ccc(CBr)c(N2CCN3CCCC3C2)c1. The average Bonchev–Trinajstić information content (AvgIpc) is 2.85. The van der Waals surface area contributed by atoms with E-state index in [2.05, 4.69) is 37.9 Å². The quantitative estimate of drug-likeness (QED) is 0.766. The van der Waals surface area contributed by atoms with Crippen LogP contribution in [-0.2, 0) is 5.33 Å². The third kappa shape index (κ3) is 2.40. The van der Waals surface area contributed by atoms with E-state index in [9.17, 15) is 0 Å². The van der Waals surface area contributed by atoms with E-state index in [-0.39, 0.29) is 0 Å². The first-order chi connectivity index (χ1) is 8.78. The van der Waals surface area contributed by atoms with Crippen molar-refractivity contribution in [3.63, 3.8) is 0 Å². The number of benzene rings is 1. The number of halogens is 2. The molecule has 2 aliphatic rings. The molecular weight excluding hydrogens is 312 g/mol. The molecule has 1 aromatic carbocycles. The highest BCUT2D eigenvalue weighted by atomic mass is 79.9. The van der Waals surface area contributed by atoms with Crippen molar-refractivity contribution in [3.05, 3.63) is 28.8 Å². The first kappa shape index (κ1) is 12.8. The van der Waals surface area contributed by atoms with Gasteiger partial charge >= 0.3 is 0 Å². The molecular formula is C14H18BrClN2. The van der Waals surface area contributed by atoms with Gasteiger partial charge in [-0.25, -0.2) is 0 Å². The molecule has 0 aliphatic carbocycles. The van der Waals surface area contributed by atoms with Gasteiger partial charge in [-0.05, 0) is 37.1 Å². The largest absolute Gasteiger partial charge is 0.368 e. The van der Waals surface area contributed by atoms with Gasteiger partial charge in [0.2, 0.25) is 0 Å². The Morgan fingerprint density at radius 2 is 2.17 bits per heavy atom. The molecule has 2 nitrogen and oxygen atoms in total. The summed E-state index contributed by atoms with van der Waals surface area (Å²) in [6.07, 6.45) is 2.71. The minimum atomic E-state index is 0.751. The van der Waals surface area contributed by atoms with Crippen molar-refractivity contribution in [2.24, 2.45) is 0 Å². The smallest absolute Gasteiger partial charge is 0.0426 e. The van der Waals surface area contributed by atoms with Crippen molar-refractivity contribution in [1.82, 2.24) is 4.90 Å².